The smallest absolute Gasteiger partial charge is 0.255 e. The second-order valence-electron chi connectivity index (χ2n) is 7.80. The van der Waals surface area contributed by atoms with Gasteiger partial charge in [0.05, 0.1) is 37.8 Å². The van der Waals surface area contributed by atoms with Crippen LogP contribution in [0.15, 0.2) is 30.3 Å². The van der Waals surface area contributed by atoms with Crippen molar-refractivity contribution in [3.05, 3.63) is 51.5 Å². The van der Waals surface area contributed by atoms with Crippen molar-refractivity contribution in [1.29, 1.82) is 0 Å². The third-order valence-corrected chi connectivity index (χ3v) is 6.32. The molecule has 1 aliphatic heterocycles. The van der Waals surface area contributed by atoms with Gasteiger partial charge in [-0.05, 0) is 42.3 Å². The van der Waals surface area contributed by atoms with E-state index in [1.54, 1.807) is 31.3 Å². The van der Waals surface area contributed by atoms with Gasteiger partial charge in [0, 0.05) is 30.6 Å². The molecule has 2 amide bonds. The van der Waals surface area contributed by atoms with Crippen molar-refractivity contribution in [2.24, 2.45) is 5.92 Å². The minimum Gasteiger partial charge on any atom is -0.493 e. The summed E-state index contributed by atoms with van der Waals surface area (Å²) in [6, 6.07) is 8.42. The zero-order valence-electron chi connectivity index (χ0n) is 19.1. The fourth-order valence-electron chi connectivity index (χ4n) is 4.10. The normalized spacial score (nSPS) is 17.6. The highest BCUT2D eigenvalue weighted by molar-refractivity contribution is 6.36. The number of amides is 2. The van der Waals surface area contributed by atoms with Crippen LogP contribution in [0, 0.1) is 5.92 Å². The van der Waals surface area contributed by atoms with E-state index in [9.17, 15) is 9.59 Å². The molecule has 33 heavy (non-hydrogen) atoms. The number of rotatable bonds is 8. The number of nitrogens with zero attached hydrogens (tertiary/aromatic N) is 1. The van der Waals surface area contributed by atoms with Gasteiger partial charge < -0.3 is 24.4 Å². The van der Waals surface area contributed by atoms with Crippen LogP contribution >= 0.6 is 23.2 Å². The van der Waals surface area contributed by atoms with Crippen LogP contribution in [0.2, 0.25) is 10.0 Å². The molecule has 0 radical (unpaired) electrons. The van der Waals surface area contributed by atoms with Gasteiger partial charge in [0.2, 0.25) is 11.7 Å². The second kappa shape index (κ2) is 11.0. The molecule has 2 unspecified atom stereocenters. The zero-order valence-corrected chi connectivity index (χ0v) is 20.6. The van der Waals surface area contributed by atoms with Crippen molar-refractivity contribution in [3.8, 4) is 17.2 Å². The number of halogens is 2. The van der Waals surface area contributed by atoms with Gasteiger partial charge in [-0.3, -0.25) is 9.59 Å². The van der Waals surface area contributed by atoms with E-state index in [2.05, 4.69) is 5.32 Å². The summed E-state index contributed by atoms with van der Waals surface area (Å²) in [6.07, 6.45) is 0.816. The molecule has 0 saturated carbocycles. The molecule has 1 heterocycles. The third-order valence-electron chi connectivity index (χ3n) is 5.77. The Morgan fingerprint density at radius 1 is 1.03 bits per heavy atom. The zero-order chi connectivity index (χ0) is 24.1. The maximum absolute atomic E-state index is 13.3. The largest absolute Gasteiger partial charge is 0.493 e. The van der Waals surface area contributed by atoms with Crippen LogP contribution < -0.4 is 19.5 Å². The third kappa shape index (κ3) is 5.31. The predicted octanol–water partition coefficient (Wildman–Crippen LogP) is 4.40. The van der Waals surface area contributed by atoms with Crippen LogP contribution in [0.4, 0.5) is 0 Å². The quantitative estimate of drug-likeness (QED) is 0.588. The number of nitrogens with one attached hydrogen (secondary N) is 1. The van der Waals surface area contributed by atoms with Gasteiger partial charge in [-0.1, -0.05) is 30.1 Å². The maximum atomic E-state index is 13.3. The number of ether oxygens (including phenoxy) is 3. The highest BCUT2D eigenvalue weighted by atomic mass is 35.5. The number of carbonyl (C=O) groups excluding carboxylic acids is 2. The summed E-state index contributed by atoms with van der Waals surface area (Å²) < 4.78 is 16.4. The van der Waals surface area contributed by atoms with E-state index in [0.717, 1.165) is 12.0 Å². The van der Waals surface area contributed by atoms with Crippen molar-refractivity contribution in [3.63, 3.8) is 0 Å². The Labute approximate surface area is 203 Å². The Balaban J connectivity index is 1.99. The fourth-order valence-corrected chi connectivity index (χ4v) is 4.59. The van der Waals surface area contributed by atoms with E-state index < -0.39 is 5.92 Å². The molecule has 2 aromatic rings. The lowest BCUT2D eigenvalue weighted by atomic mass is 9.88. The van der Waals surface area contributed by atoms with Crippen LogP contribution in [0.5, 0.6) is 17.2 Å². The molecule has 0 bridgehead atoms. The lowest BCUT2D eigenvalue weighted by Gasteiger charge is -2.21. The Morgan fingerprint density at radius 2 is 1.70 bits per heavy atom. The van der Waals surface area contributed by atoms with E-state index in [-0.39, 0.29) is 29.3 Å². The Hall–Kier alpha value is -2.64. The molecule has 1 saturated heterocycles. The topological polar surface area (TPSA) is 77.1 Å². The molecule has 1 fully saturated rings. The molecule has 7 nitrogen and oxygen atoms in total. The van der Waals surface area contributed by atoms with Crippen molar-refractivity contribution in [2.75, 3.05) is 41.0 Å². The molecule has 1 aliphatic rings. The monoisotopic (exact) mass is 494 g/mol. The molecular weight excluding hydrogens is 467 g/mol. The van der Waals surface area contributed by atoms with E-state index >= 15 is 0 Å². The summed E-state index contributed by atoms with van der Waals surface area (Å²) in [6.45, 7) is 3.15. The standard InChI is InChI=1S/C24H28Cl2N2O5/c1-5-8-27-23(29)18-13-28(24(30)16-7-6-15(25)11-19(16)26)12-17(18)14-9-20(31-2)22(33-4)21(10-14)32-3/h6-7,9-11,17-18H,5,8,12-13H2,1-4H3,(H,27,29). The van der Waals surface area contributed by atoms with Gasteiger partial charge >= 0.3 is 0 Å². The minimum atomic E-state index is -0.450. The van der Waals surface area contributed by atoms with Crippen molar-refractivity contribution < 1.29 is 23.8 Å². The lowest BCUT2D eigenvalue weighted by Crippen LogP contribution is -2.36. The molecule has 0 aliphatic carbocycles. The molecule has 0 spiro atoms. The Morgan fingerprint density at radius 3 is 2.24 bits per heavy atom. The van der Waals surface area contributed by atoms with Crippen LogP contribution in [0.25, 0.3) is 0 Å². The highest BCUT2D eigenvalue weighted by Crippen LogP contribution is 2.43. The number of hydrogen-bond acceptors (Lipinski definition) is 5. The van der Waals surface area contributed by atoms with E-state index in [1.165, 1.54) is 13.2 Å². The van der Waals surface area contributed by atoms with Crippen molar-refractivity contribution in [2.45, 2.75) is 19.3 Å². The summed E-state index contributed by atoms with van der Waals surface area (Å²) in [4.78, 5) is 28.0. The van der Waals surface area contributed by atoms with Crippen molar-refractivity contribution in [1.82, 2.24) is 10.2 Å². The SMILES string of the molecule is CCCNC(=O)C1CN(C(=O)c2ccc(Cl)cc2Cl)CC1c1cc(OC)c(OC)c(OC)c1. The summed E-state index contributed by atoms with van der Waals surface area (Å²) in [5.41, 5.74) is 1.16. The predicted molar refractivity (Wildman–Crippen MR) is 128 cm³/mol. The molecule has 1 N–H and O–H groups in total. The van der Waals surface area contributed by atoms with E-state index in [4.69, 9.17) is 37.4 Å². The van der Waals surface area contributed by atoms with Gasteiger partial charge in [0.25, 0.3) is 5.91 Å². The van der Waals surface area contributed by atoms with Gasteiger partial charge in [-0.25, -0.2) is 0 Å². The van der Waals surface area contributed by atoms with Gasteiger partial charge in [-0.2, -0.15) is 0 Å². The molecule has 178 valence electrons. The average molecular weight is 495 g/mol. The van der Waals surface area contributed by atoms with Crippen LogP contribution in [-0.4, -0.2) is 57.7 Å². The number of carbonyl (C=O) groups is 2. The fraction of sp³-hybridized carbons (Fsp3) is 0.417. The molecule has 3 rings (SSSR count). The van der Waals surface area contributed by atoms with Crippen molar-refractivity contribution >= 4 is 35.0 Å². The van der Waals surface area contributed by atoms with E-state index in [0.29, 0.717) is 40.9 Å². The average Bonchev–Trinajstić information content (AvgIpc) is 3.26. The Kier molecular flexibility index (Phi) is 8.32. The molecule has 9 heteroatoms. The first-order valence-electron chi connectivity index (χ1n) is 10.7. The molecule has 2 atom stereocenters. The number of likely N-dealkylation sites (tertiary alicyclic amines) is 1. The number of methoxy groups -OCH3 is 3. The van der Waals surface area contributed by atoms with Gasteiger partial charge in [0.1, 0.15) is 0 Å². The second-order valence-corrected chi connectivity index (χ2v) is 8.64. The van der Waals surface area contributed by atoms with Crippen LogP contribution in [0.3, 0.4) is 0 Å². The first-order valence-corrected chi connectivity index (χ1v) is 11.4. The summed E-state index contributed by atoms with van der Waals surface area (Å²) in [5, 5.41) is 3.69. The van der Waals surface area contributed by atoms with Gasteiger partial charge in [-0.15, -0.1) is 0 Å². The summed E-state index contributed by atoms with van der Waals surface area (Å²) >= 11 is 12.3. The van der Waals surface area contributed by atoms with Crippen LogP contribution in [0.1, 0.15) is 35.2 Å². The lowest BCUT2D eigenvalue weighted by molar-refractivity contribution is -0.124. The summed E-state index contributed by atoms with van der Waals surface area (Å²) in [5.74, 6) is 0.373. The Bertz CT molecular complexity index is 1000. The maximum Gasteiger partial charge on any atom is 0.255 e. The van der Waals surface area contributed by atoms with E-state index in [1.807, 2.05) is 19.1 Å². The molecule has 2 aromatic carbocycles. The first kappa shape index (κ1) is 25.0. The molecular formula is C24H28Cl2N2O5. The number of hydrogen-bond donors (Lipinski definition) is 1. The van der Waals surface area contributed by atoms with Crippen LogP contribution in [-0.2, 0) is 4.79 Å². The number of benzene rings is 2. The van der Waals surface area contributed by atoms with Gasteiger partial charge in [0.15, 0.2) is 11.5 Å². The molecule has 0 aromatic heterocycles. The first-order chi connectivity index (χ1) is 15.8. The minimum absolute atomic E-state index is 0.104. The summed E-state index contributed by atoms with van der Waals surface area (Å²) in [7, 11) is 4.62. The highest BCUT2D eigenvalue weighted by Gasteiger charge is 2.41.